The Bertz CT molecular complexity index is 1050. The maximum atomic E-state index is 13.5. The highest BCUT2D eigenvalue weighted by Gasteiger charge is 2.33. The molecular weight excluding hydrogens is 438 g/mol. The third-order valence-corrected chi connectivity index (χ3v) is 7.24. The van der Waals surface area contributed by atoms with Gasteiger partial charge in [-0.3, -0.25) is 14.5 Å². The van der Waals surface area contributed by atoms with Crippen molar-refractivity contribution in [1.29, 1.82) is 0 Å². The fourth-order valence-corrected chi connectivity index (χ4v) is 5.17. The van der Waals surface area contributed by atoms with Crippen LogP contribution >= 0.6 is 0 Å². The van der Waals surface area contributed by atoms with Gasteiger partial charge in [0.1, 0.15) is 12.4 Å². The summed E-state index contributed by atoms with van der Waals surface area (Å²) in [7, 11) is 0. The third-order valence-electron chi connectivity index (χ3n) is 7.24. The zero-order valence-corrected chi connectivity index (χ0v) is 20.3. The molecule has 35 heavy (non-hydrogen) atoms. The first-order chi connectivity index (χ1) is 17.1. The van der Waals surface area contributed by atoms with Gasteiger partial charge in [-0.2, -0.15) is 0 Å². The normalized spacial score (nSPS) is 23.3. The van der Waals surface area contributed by atoms with E-state index < -0.39 is 0 Å². The molecule has 184 valence electrons. The summed E-state index contributed by atoms with van der Waals surface area (Å²) in [6.07, 6.45) is 7.79. The van der Waals surface area contributed by atoms with Crippen molar-refractivity contribution >= 4 is 11.8 Å². The van der Waals surface area contributed by atoms with E-state index >= 15 is 0 Å². The number of carbonyl (C=O) groups excluding carboxylic acids is 2. The van der Waals surface area contributed by atoms with Crippen molar-refractivity contribution in [2.24, 2.45) is 11.8 Å². The maximum Gasteiger partial charge on any atom is 0.236 e. The number of hydrogen-bond acceptors (Lipinski definition) is 4. The molecule has 0 spiro atoms. The number of rotatable bonds is 5. The van der Waals surface area contributed by atoms with Crippen molar-refractivity contribution in [1.82, 2.24) is 15.1 Å². The van der Waals surface area contributed by atoms with Gasteiger partial charge in [0, 0.05) is 44.2 Å². The Labute approximate surface area is 207 Å². The summed E-state index contributed by atoms with van der Waals surface area (Å²) in [6, 6.07) is 18.8. The summed E-state index contributed by atoms with van der Waals surface area (Å²) in [5.74, 6) is 1.54. The molecule has 1 saturated carbocycles. The van der Waals surface area contributed by atoms with Crippen LogP contribution in [0.25, 0.3) is 0 Å². The van der Waals surface area contributed by atoms with Crippen molar-refractivity contribution in [2.75, 3.05) is 26.2 Å². The van der Waals surface area contributed by atoms with Crippen molar-refractivity contribution < 1.29 is 14.3 Å². The molecule has 1 saturated heterocycles. The quantitative estimate of drug-likeness (QED) is 0.672. The number of nitrogens with zero attached hydrogens (tertiary/aromatic N) is 2. The van der Waals surface area contributed by atoms with Crippen LogP contribution in [0.3, 0.4) is 0 Å². The van der Waals surface area contributed by atoms with E-state index in [1.54, 1.807) is 0 Å². The number of hydrogen-bond donors (Lipinski definition) is 1. The molecule has 6 nitrogen and oxygen atoms in total. The summed E-state index contributed by atoms with van der Waals surface area (Å²) in [4.78, 5) is 30.2. The SMILES string of the molecule is O=C(C[C@@H]1CCN2C[C@@H]1C=CCOc1ccccc1CN(Cc1ccccc1)CC2=O)NC1CC1. The molecule has 1 N–H and O–H groups in total. The van der Waals surface area contributed by atoms with E-state index in [0.29, 0.717) is 51.8 Å². The van der Waals surface area contributed by atoms with Crippen LogP contribution in [0, 0.1) is 11.8 Å². The molecule has 2 aromatic rings. The van der Waals surface area contributed by atoms with Gasteiger partial charge in [-0.25, -0.2) is 0 Å². The third kappa shape index (κ3) is 6.51. The summed E-state index contributed by atoms with van der Waals surface area (Å²) in [5, 5.41) is 3.13. The smallest absolute Gasteiger partial charge is 0.236 e. The first kappa shape index (κ1) is 23.6. The van der Waals surface area contributed by atoms with E-state index in [0.717, 1.165) is 30.6 Å². The van der Waals surface area contributed by atoms with Gasteiger partial charge in [-0.15, -0.1) is 0 Å². The standard InChI is InChI=1S/C29H35N3O3/c33-28(30-26-12-13-26)17-23-14-15-32-20-24(23)10-6-16-35-27-11-5-4-9-25(27)19-31(21-29(32)34)18-22-7-2-1-3-8-22/h1-11,23-24,26H,12-21H2,(H,30,33)/t23-,24-/m0/s1. The Hall–Kier alpha value is -3.12. The Morgan fingerprint density at radius 3 is 2.63 bits per heavy atom. The highest BCUT2D eigenvalue weighted by molar-refractivity contribution is 5.79. The van der Waals surface area contributed by atoms with Gasteiger partial charge >= 0.3 is 0 Å². The first-order valence-corrected chi connectivity index (χ1v) is 12.8. The Kier molecular flexibility index (Phi) is 7.48. The lowest BCUT2D eigenvalue weighted by Crippen LogP contribution is -2.47. The average molecular weight is 474 g/mol. The van der Waals surface area contributed by atoms with Crippen LogP contribution in [-0.2, 0) is 22.7 Å². The first-order valence-electron chi connectivity index (χ1n) is 12.8. The van der Waals surface area contributed by atoms with Crippen molar-refractivity contribution in [3.8, 4) is 5.75 Å². The fourth-order valence-electron chi connectivity index (χ4n) is 5.17. The molecule has 0 radical (unpaired) electrons. The monoisotopic (exact) mass is 473 g/mol. The van der Waals surface area contributed by atoms with Gasteiger partial charge in [0.2, 0.25) is 11.8 Å². The number of ether oxygens (including phenoxy) is 1. The highest BCUT2D eigenvalue weighted by atomic mass is 16.5. The van der Waals surface area contributed by atoms with E-state index in [4.69, 9.17) is 4.74 Å². The topological polar surface area (TPSA) is 61.9 Å². The number of amides is 2. The second kappa shape index (κ2) is 11.1. The van der Waals surface area contributed by atoms with Crippen LogP contribution in [-0.4, -0.2) is 53.9 Å². The number of carbonyl (C=O) groups is 2. The van der Waals surface area contributed by atoms with Crippen molar-refractivity contribution in [3.05, 3.63) is 77.9 Å². The lowest BCUT2D eigenvalue weighted by Gasteiger charge is -2.38. The summed E-state index contributed by atoms with van der Waals surface area (Å²) >= 11 is 0. The molecule has 2 heterocycles. The van der Waals surface area contributed by atoms with Crippen LogP contribution in [0.15, 0.2) is 66.7 Å². The molecule has 6 heteroatoms. The van der Waals surface area contributed by atoms with Gasteiger partial charge in [-0.1, -0.05) is 60.7 Å². The number of para-hydroxylation sites is 1. The molecule has 2 aromatic carbocycles. The molecule has 2 amide bonds. The minimum atomic E-state index is 0.146. The zero-order chi connectivity index (χ0) is 24.0. The summed E-state index contributed by atoms with van der Waals surface area (Å²) in [5.41, 5.74) is 2.26. The second-order valence-electron chi connectivity index (χ2n) is 10.1. The number of benzene rings is 2. The lowest BCUT2D eigenvalue weighted by atomic mass is 9.82. The van der Waals surface area contributed by atoms with Crippen LogP contribution in [0.1, 0.15) is 36.8 Å². The molecule has 1 aliphatic carbocycles. The van der Waals surface area contributed by atoms with E-state index in [9.17, 15) is 9.59 Å². The van der Waals surface area contributed by atoms with E-state index in [2.05, 4.69) is 40.6 Å². The second-order valence-corrected chi connectivity index (χ2v) is 10.1. The predicted molar refractivity (Wildman–Crippen MR) is 136 cm³/mol. The van der Waals surface area contributed by atoms with E-state index in [-0.39, 0.29) is 23.7 Å². The Balaban J connectivity index is 1.35. The van der Waals surface area contributed by atoms with Crippen LogP contribution < -0.4 is 10.1 Å². The Morgan fingerprint density at radius 1 is 1.00 bits per heavy atom. The fraction of sp³-hybridized carbons (Fsp3) is 0.448. The lowest BCUT2D eigenvalue weighted by molar-refractivity contribution is -0.135. The molecule has 0 aromatic heterocycles. The van der Waals surface area contributed by atoms with Crippen molar-refractivity contribution in [2.45, 2.75) is 44.8 Å². The minimum Gasteiger partial charge on any atom is -0.489 e. The van der Waals surface area contributed by atoms with Gasteiger partial charge in [-0.05, 0) is 42.7 Å². The number of piperidine rings is 1. The summed E-state index contributed by atoms with van der Waals surface area (Å²) < 4.78 is 6.15. The van der Waals surface area contributed by atoms with Crippen molar-refractivity contribution in [3.63, 3.8) is 0 Å². The highest BCUT2D eigenvalue weighted by Crippen LogP contribution is 2.30. The van der Waals surface area contributed by atoms with Gasteiger partial charge < -0.3 is 15.0 Å². The molecule has 2 aliphatic heterocycles. The number of nitrogens with one attached hydrogen (secondary N) is 1. The molecular formula is C29H35N3O3. The van der Waals surface area contributed by atoms with Crippen LogP contribution in [0.4, 0.5) is 0 Å². The molecule has 2 atom stereocenters. The Morgan fingerprint density at radius 2 is 1.80 bits per heavy atom. The summed E-state index contributed by atoms with van der Waals surface area (Å²) in [6.45, 7) is 3.52. The minimum absolute atomic E-state index is 0.146. The van der Waals surface area contributed by atoms with Gasteiger partial charge in [0.15, 0.2) is 0 Å². The molecule has 3 aliphatic rings. The molecule has 2 bridgehead atoms. The van der Waals surface area contributed by atoms with Gasteiger partial charge in [0.05, 0.1) is 6.54 Å². The largest absolute Gasteiger partial charge is 0.489 e. The van der Waals surface area contributed by atoms with Crippen LogP contribution in [0.5, 0.6) is 5.75 Å². The van der Waals surface area contributed by atoms with Gasteiger partial charge in [0.25, 0.3) is 0 Å². The number of fused-ring (bicyclic) bond motifs is 3. The zero-order valence-electron chi connectivity index (χ0n) is 20.3. The molecule has 0 unspecified atom stereocenters. The van der Waals surface area contributed by atoms with Crippen LogP contribution in [0.2, 0.25) is 0 Å². The average Bonchev–Trinajstić information content (AvgIpc) is 3.67. The molecule has 5 rings (SSSR count). The predicted octanol–water partition coefficient (Wildman–Crippen LogP) is 3.77. The van der Waals surface area contributed by atoms with E-state index in [1.165, 1.54) is 5.56 Å². The molecule has 2 fully saturated rings. The van der Waals surface area contributed by atoms with E-state index in [1.807, 2.05) is 41.3 Å². The maximum absolute atomic E-state index is 13.5.